The Morgan fingerprint density at radius 1 is 1.31 bits per heavy atom. The summed E-state index contributed by atoms with van der Waals surface area (Å²) in [6.45, 7) is 2.34. The molecule has 16 heavy (non-hydrogen) atoms. The highest BCUT2D eigenvalue weighted by Crippen LogP contribution is 2.27. The maximum absolute atomic E-state index is 5.79. The zero-order valence-corrected chi connectivity index (χ0v) is 9.56. The van der Waals surface area contributed by atoms with Crippen LogP contribution in [0.1, 0.15) is 12.5 Å². The van der Waals surface area contributed by atoms with Crippen LogP contribution in [0.15, 0.2) is 30.5 Å². The lowest BCUT2D eigenvalue weighted by Gasteiger charge is -2.14. The highest BCUT2D eigenvalue weighted by Gasteiger charge is 2.21. The number of fused-ring (bicyclic) bond motifs is 1. The van der Waals surface area contributed by atoms with Gasteiger partial charge in [0.05, 0.1) is 0 Å². The molecule has 3 rings (SSSR count). The van der Waals surface area contributed by atoms with Crippen molar-refractivity contribution < 1.29 is 0 Å². The van der Waals surface area contributed by atoms with Gasteiger partial charge in [-0.1, -0.05) is 0 Å². The molecule has 3 nitrogen and oxygen atoms in total. The van der Waals surface area contributed by atoms with E-state index in [1.54, 1.807) is 0 Å². The molecule has 0 radical (unpaired) electrons. The molecule has 1 unspecified atom stereocenters. The molecule has 3 heteroatoms. The monoisotopic (exact) mass is 215 g/mol. The minimum Gasteiger partial charge on any atom is -0.399 e. The van der Waals surface area contributed by atoms with Crippen molar-refractivity contribution in [3.05, 3.63) is 30.5 Å². The predicted octanol–water partition coefficient (Wildman–Crippen LogP) is 2.10. The first-order valence-corrected chi connectivity index (χ1v) is 5.78. The summed E-state index contributed by atoms with van der Waals surface area (Å²) in [4.78, 5) is 2.38. The lowest BCUT2D eigenvalue weighted by Crippen LogP contribution is -2.15. The molecule has 0 spiro atoms. The van der Waals surface area contributed by atoms with Crippen molar-refractivity contribution in [3.8, 4) is 0 Å². The number of anilines is 1. The number of nitrogen functional groups attached to an aromatic ring is 1. The summed E-state index contributed by atoms with van der Waals surface area (Å²) in [7, 11) is 2.18. The molecule has 1 atom stereocenters. The van der Waals surface area contributed by atoms with E-state index in [1.807, 2.05) is 12.1 Å². The standard InChI is InChI=1S/C13H17N3/c1-15-6-5-12(9-15)16-7-4-10-8-11(14)2-3-13(10)16/h2-4,7-8,12H,5-6,9,14H2,1H3. The first-order valence-electron chi connectivity index (χ1n) is 5.78. The van der Waals surface area contributed by atoms with Crippen LogP contribution in [0, 0.1) is 0 Å². The van der Waals surface area contributed by atoms with Crippen LogP contribution in [0.5, 0.6) is 0 Å². The summed E-state index contributed by atoms with van der Waals surface area (Å²) in [5, 5.41) is 1.24. The number of hydrogen-bond donors (Lipinski definition) is 1. The molecule has 1 aliphatic rings. The van der Waals surface area contributed by atoms with Crippen molar-refractivity contribution in [2.75, 3.05) is 25.9 Å². The number of nitrogens with two attached hydrogens (primary N) is 1. The van der Waals surface area contributed by atoms with Gasteiger partial charge < -0.3 is 15.2 Å². The van der Waals surface area contributed by atoms with E-state index >= 15 is 0 Å². The van der Waals surface area contributed by atoms with E-state index in [4.69, 9.17) is 5.73 Å². The average molecular weight is 215 g/mol. The topological polar surface area (TPSA) is 34.2 Å². The van der Waals surface area contributed by atoms with Crippen LogP contribution in [-0.4, -0.2) is 29.6 Å². The molecule has 0 bridgehead atoms. The van der Waals surface area contributed by atoms with Crippen molar-refractivity contribution in [2.24, 2.45) is 0 Å². The molecule has 0 aliphatic carbocycles. The van der Waals surface area contributed by atoms with Crippen molar-refractivity contribution in [2.45, 2.75) is 12.5 Å². The Hall–Kier alpha value is -1.48. The van der Waals surface area contributed by atoms with Gasteiger partial charge in [-0.05, 0) is 44.3 Å². The summed E-state index contributed by atoms with van der Waals surface area (Å²) >= 11 is 0. The number of nitrogens with zero attached hydrogens (tertiary/aromatic N) is 2. The summed E-state index contributed by atoms with van der Waals surface area (Å²) in [6.07, 6.45) is 3.43. The zero-order chi connectivity index (χ0) is 11.1. The average Bonchev–Trinajstić information content (AvgIpc) is 2.83. The van der Waals surface area contributed by atoms with Crippen LogP contribution in [-0.2, 0) is 0 Å². The smallest absolute Gasteiger partial charge is 0.0484 e. The van der Waals surface area contributed by atoms with E-state index in [9.17, 15) is 0 Å². The third kappa shape index (κ3) is 1.48. The van der Waals surface area contributed by atoms with Crippen molar-refractivity contribution in [1.82, 2.24) is 9.47 Å². The third-order valence-corrected chi connectivity index (χ3v) is 3.50. The fourth-order valence-corrected chi connectivity index (χ4v) is 2.64. The van der Waals surface area contributed by atoms with Gasteiger partial charge >= 0.3 is 0 Å². The first kappa shape index (κ1) is 9.73. The Labute approximate surface area is 95.5 Å². The van der Waals surface area contributed by atoms with Gasteiger partial charge in [-0.3, -0.25) is 0 Å². The van der Waals surface area contributed by atoms with Gasteiger partial charge in [-0.15, -0.1) is 0 Å². The van der Waals surface area contributed by atoms with Gasteiger partial charge in [0.15, 0.2) is 0 Å². The Balaban J connectivity index is 2.04. The molecule has 0 amide bonds. The molecule has 1 saturated heterocycles. The maximum atomic E-state index is 5.79. The van der Waals surface area contributed by atoms with Crippen LogP contribution in [0.25, 0.3) is 10.9 Å². The molecule has 1 aromatic carbocycles. The number of rotatable bonds is 1. The molecule has 2 N–H and O–H groups in total. The Morgan fingerprint density at radius 3 is 2.94 bits per heavy atom. The normalized spacial score (nSPS) is 21.9. The van der Waals surface area contributed by atoms with Gasteiger partial charge in [0, 0.05) is 35.4 Å². The Bertz CT molecular complexity index is 515. The predicted molar refractivity (Wildman–Crippen MR) is 67.5 cm³/mol. The second-order valence-corrected chi connectivity index (χ2v) is 4.75. The van der Waals surface area contributed by atoms with Crippen molar-refractivity contribution in [3.63, 3.8) is 0 Å². The first-order chi connectivity index (χ1) is 7.74. The third-order valence-electron chi connectivity index (χ3n) is 3.50. The number of likely N-dealkylation sites (tertiary alicyclic amines) is 1. The zero-order valence-electron chi connectivity index (χ0n) is 9.56. The van der Waals surface area contributed by atoms with Crippen LogP contribution < -0.4 is 5.73 Å². The number of hydrogen-bond acceptors (Lipinski definition) is 2. The number of benzene rings is 1. The molecular formula is C13H17N3. The summed E-state index contributed by atoms with van der Waals surface area (Å²) < 4.78 is 2.39. The van der Waals surface area contributed by atoms with Gasteiger partial charge in [0.2, 0.25) is 0 Å². The summed E-state index contributed by atoms with van der Waals surface area (Å²) in [5.74, 6) is 0. The lowest BCUT2D eigenvalue weighted by atomic mass is 10.2. The molecule has 2 heterocycles. The van der Waals surface area contributed by atoms with E-state index in [-0.39, 0.29) is 0 Å². The van der Waals surface area contributed by atoms with Crippen LogP contribution >= 0.6 is 0 Å². The van der Waals surface area contributed by atoms with Gasteiger partial charge in [0.1, 0.15) is 0 Å². The Kier molecular flexibility index (Phi) is 2.14. The molecular weight excluding hydrogens is 198 g/mol. The second kappa shape index (κ2) is 3.52. The highest BCUT2D eigenvalue weighted by atomic mass is 15.2. The second-order valence-electron chi connectivity index (χ2n) is 4.75. The van der Waals surface area contributed by atoms with E-state index in [1.165, 1.54) is 23.9 Å². The van der Waals surface area contributed by atoms with E-state index in [2.05, 4.69) is 34.8 Å². The molecule has 1 aromatic heterocycles. The summed E-state index contributed by atoms with van der Waals surface area (Å²) in [5.41, 5.74) is 7.93. The number of aromatic nitrogens is 1. The fourth-order valence-electron chi connectivity index (χ4n) is 2.64. The molecule has 84 valence electrons. The maximum Gasteiger partial charge on any atom is 0.0484 e. The largest absolute Gasteiger partial charge is 0.399 e. The van der Waals surface area contributed by atoms with Crippen LogP contribution in [0.3, 0.4) is 0 Å². The van der Waals surface area contributed by atoms with Gasteiger partial charge in [-0.2, -0.15) is 0 Å². The SMILES string of the molecule is CN1CCC(n2ccc3cc(N)ccc32)C1. The molecule has 1 fully saturated rings. The quantitative estimate of drug-likeness (QED) is 0.739. The lowest BCUT2D eigenvalue weighted by molar-refractivity contribution is 0.395. The van der Waals surface area contributed by atoms with Crippen LogP contribution in [0.2, 0.25) is 0 Å². The minimum absolute atomic E-state index is 0.617. The van der Waals surface area contributed by atoms with Gasteiger partial charge in [0.25, 0.3) is 0 Å². The van der Waals surface area contributed by atoms with Crippen molar-refractivity contribution >= 4 is 16.6 Å². The molecule has 0 saturated carbocycles. The van der Waals surface area contributed by atoms with Gasteiger partial charge in [-0.25, -0.2) is 0 Å². The minimum atomic E-state index is 0.617. The van der Waals surface area contributed by atoms with E-state index in [0.29, 0.717) is 6.04 Å². The fraction of sp³-hybridized carbons (Fsp3) is 0.385. The van der Waals surface area contributed by atoms with Crippen LogP contribution in [0.4, 0.5) is 5.69 Å². The number of likely N-dealkylation sites (N-methyl/N-ethyl adjacent to an activating group) is 1. The Morgan fingerprint density at radius 2 is 2.19 bits per heavy atom. The molecule has 2 aromatic rings. The van der Waals surface area contributed by atoms with E-state index < -0.39 is 0 Å². The molecule has 1 aliphatic heterocycles. The highest BCUT2D eigenvalue weighted by molar-refractivity contribution is 5.83. The van der Waals surface area contributed by atoms with Crippen molar-refractivity contribution in [1.29, 1.82) is 0 Å². The van der Waals surface area contributed by atoms with E-state index in [0.717, 1.165) is 12.2 Å². The summed E-state index contributed by atoms with van der Waals surface area (Å²) in [6, 6.07) is 8.93.